The van der Waals surface area contributed by atoms with E-state index in [4.69, 9.17) is 4.74 Å². The molecule has 1 saturated carbocycles. The molecule has 0 bridgehead atoms. The lowest BCUT2D eigenvalue weighted by Crippen LogP contribution is -2.48. The molecule has 0 heterocycles. The summed E-state index contributed by atoms with van der Waals surface area (Å²) in [4.78, 5) is 12.2. The normalized spacial score (nSPS) is 33.0. The molecule has 3 heteroatoms. The fourth-order valence-electron chi connectivity index (χ4n) is 2.83. The Kier molecular flexibility index (Phi) is 6.21. The van der Waals surface area contributed by atoms with Gasteiger partial charge in [0.15, 0.2) is 0 Å². The number of ether oxygens (including phenoxy) is 1. The lowest BCUT2D eigenvalue weighted by Gasteiger charge is -2.37. The van der Waals surface area contributed by atoms with E-state index in [2.05, 4.69) is 19.9 Å². The minimum absolute atomic E-state index is 0.0165. The summed E-state index contributed by atoms with van der Waals surface area (Å²) in [6, 6.07) is 0. The molecule has 0 saturated heterocycles. The third-order valence-corrected chi connectivity index (χ3v) is 4.09. The minimum atomic E-state index is -0.554. The lowest BCUT2D eigenvalue weighted by atomic mass is 9.74. The van der Waals surface area contributed by atoms with Crippen molar-refractivity contribution in [3.63, 3.8) is 0 Å². The number of aliphatic hydroxyl groups is 1. The van der Waals surface area contributed by atoms with E-state index >= 15 is 0 Å². The van der Waals surface area contributed by atoms with Crippen LogP contribution in [0.3, 0.4) is 0 Å². The van der Waals surface area contributed by atoms with E-state index in [0.29, 0.717) is 12.3 Å². The first kappa shape index (κ1) is 16.4. The summed E-state index contributed by atoms with van der Waals surface area (Å²) in [6.45, 7) is 8.27. The van der Waals surface area contributed by atoms with Gasteiger partial charge in [-0.3, -0.25) is 4.79 Å². The topological polar surface area (TPSA) is 46.5 Å². The van der Waals surface area contributed by atoms with Crippen LogP contribution in [0.15, 0.2) is 11.6 Å². The Morgan fingerprint density at radius 1 is 1.53 bits per heavy atom. The van der Waals surface area contributed by atoms with Crippen LogP contribution in [0.25, 0.3) is 0 Å². The Hall–Kier alpha value is -0.670. The number of hydrogen-bond acceptors (Lipinski definition) is 3. The molecule has 1 fully saturated rings. The molecule has 1 aliphatic carbocycles. The molecular weight excluding hydrogens is 240 g/mol. The second-order valence-electron chi connectivity index (χ2n) is 6.24. The van der Waals surface area contributed by atoms with Gasteiger partial charge in [-0.2, -0.15) is 0 Å². The second kappa shape index (κ2) is 7.20. The smallest absolute Gasteiger partial charge is 0.143 e. The summed E-state index contributed by atoms with van der Waals surface area (Å²) in [5.41, 5.74) is 1.04. The molecule has 0 aromatic rings. The van der Waals surface area contributed by atoms with Gasteiger partial charge in [0.05, 0.1) is 18.1 Å². The van der Waals surface area contributed by atoms with Crippen LogP contribution >= 0.6 is 0 Å². The van der Waals surface area contributed by atoms with Crippen molar-refractivity contribution < 1.29 is 14.6 Å². The van der Waals surface area contributed by atoms with Crippen molar-refractivity contribution in [3.8, 4) is 0 Å². The quantitative estimate of drug-likeness (QED) is 0.780. The van der Waals surface area contributed by atoms with Crippen molar-refractivity contribution in [2.24, 2.45) is 17.8 Å². The highest BCUT2D eigenvalue weighted by Crippen LogP contribution is 2.33. The Bertz CT molecular complexity index is 333. The number of rotatable bonds is 5. The SMILES string of the molecule is CO[C@H]1[C@H](C(C)=CCCC(C)C)C(=O)C[C@@H](C)[C@H]1O. The molecule has 0 radical (unpaired) electrons. The van der Waals surface area contributed by atoms with E-state index < -0.39 is 12.2 Å². The van der Waals surface area contributed by atoms with Gasteiger partial charge in [0.25, 0.3) is 0 Å². The fourth-order valence-corrected chi connectivity index (χ4v) is 2.83. The molecule has 0 aromatic heterocycles. The molecule has 1 aliphatic rings. The van der Waals surface area contributed by atoms with Crippen LogP contribution < -0.4 is 0 Å². The van der Waals surface area contributed by atoms with Gasteiger partial charge in [-0.15, -0.1) is 0 Å². The Balaban J connectivity index is 2.79. The van der Waals surface area contributed by atoms with Crippen LogP contribution in [-0.2, 0) is 9.53 Å². The fraction of sp³-hybridized carbons (Fsp3) is 0.812. The van der Waals surface area contributed by atoms with Crippen LogP contribution in [0.1, 0.15) is 47.0 Å². The Labute approximate surface area is 117 Å². The molecule has 4 atom stereocenters. The van der Waals surface area contributed by atoms with Gasteiger partial charge >= 0.3 is 0 Å². The number of methoxy groups -OCH3 is 1. The van der Waals surface area contributed by atoms with Crippen molar-refractivity contribution in [1.82, 2.24) is 0 Å². The predicted octanol–water partition coefficient (Wildman–Crippen LogP) is 2.97. The summed E-state index contributed by atoms with van der Waals surface area (Å²) in [6.07, 6.45) is 3.73. The third kappa shape index (κ3) is 4.15. The molecule has 110 valence electrons. The summed E-state index contributed by atoms with van der Waals surface area (Å²) >= 11 is 0. The van der Waals surface area contributed by atoms with Crippen molar-refractivity contribution in [1.29, 1.82) is 0 Å². The van der Waals surface area contributed by atoms with Gasteiger partial charge in [0.2, 0.25) is 0 Å². The number of aliphatic hydroxyl groups excluding tert-OH is 1. The molecule has 3 nitrogen and oxygen atoms in total. The summed E-state index contributed by atoms with van der Waals surface area (Å²) in [7, 11) is 1.58. The summed E-state index contributed by atoms with van der Waals surface area (Å²) < 4.78 is 5.39. The summed E-state index contributed by atoms with van der Waals surface area (Å²) in [5.74, 6) is 0.568. The number of allylic oxidation sites excluding steroid dienone is 1. The third-order valence-electron chi connectivity index (χ3n) is 4.09. The zero-order valence-electron chi connectivity index (χ0n) is 12.8. The van der Waals surface area contributed by atoms with Gasteiger partial charge in [-0.05, 0) is 31.6 Å². The maximum Gasteiger partial charge on any atom is 0.143 e. The zero-order valence-corrected chi connectivity index (χ0v) is 12.8. The first-order chi connectivity index (χ1) is 8.88. The summed E-state index contributed by atoms with van der Waals surface area (Å²) in [5, 5.41) is 10.2. The zero-order chi connectivity index (χ0) is 14.6. The molecule has 1 rings (SSSR count). The highest BCUT2D eigenvalue weighted by Gasteiger charge is 2.42. The van der Waals surface area contributed by atoms with Crippen LogP contribution in [0.5, 0.6) is 0 Å². The number of ketones is 1. The highest BCUT2D eigenvalue weighted by molar-refractivity contribution is 5.85. The van der Waals surface area contributed by atoms with Crippen molar-refractivity contribution >= 4 is 5.78 Å². The molecule has 0 aliphatic heterocycles. The van der Waals surface area contributed by atoms with Crippen molar-refractivity contribution in [2.45, 2.75) is 59.2 Å². The predicted molar refractivity (Wildman–Crippen MR) is 76.9 cm³/mol. The molecule has 1 N–H and O–H groups in total. The van der Waals surface area contributed by atoms with Crippen molar-refractivity contribution in [2.75, 3.05) is 7.11 Å². The maximum atomic E-state index is 12.2. The Morgan fingerprint density at radius 3 is 2.68 bits per heavy atom. The first-order valence-corrected chi connectivity index (χ1v) is 7.28. The van der Waals surface area contributed by atoms with Crippen molar-refractivity contribution in [3.05, 3.63) is 11.6 Å². The molecule has 0 amide bonds. The van der Waals surface area contributed by atoms with E-state index in [1.54, 1.807) is 7.11 Å². The van der Waals surface area contributed by atoms with Crippen LogP contribution in [0, 0.1) is 17.8 Å². The van der Waals surface area contributed by atoms with Gasteiger partial charge in [0.1, 0.15) is 5.78 Å². The molecule has 19 heavy (non-hydrogen) atoms. The van der Waals surface area contributed by atoms with Gasteiger partial charge in [0, 0.05) is 13.5 Å². The first-order valence-electron chi connectivity index (χ1n) is 7.28. The molecular formula is C16H28O3. The Morgan fingerprint density at radius 2 is 2.16 bits per heavy atom. The van der Waals surface area contributed by atoms with Crippen LogP contribution in [0.2, 0.25) is 0 Å². The van der Waals surface area contributed by atoms with E-state index in [1.807, 2.05) is 13.8 Å². The number of carbonyl (C=O) groups excluding carboxylic acids is 1. The standard InChI is InChI=1S/C16H28O3/c1-10(2)7-6-8-11(3)14-13(17)9-12(4)15(18)16(14)19-5/h8,10,12,14-16,18H,6-7,9H2,1-5H3/t12-,14-,15-,16+/m1/s1. The average molecular weight is 268 g/mol. The van der Waals surface area contributed by atoms with Gasteiger partial charge < -0.3 is 9.84 Å². The van der Waals surface area contributed by atoms with E-state index in [1.165, 1.54) is 0 Å². The van der Waals surface area contributed by atoms with Gasteiger partial charge in [-0.1, -0.05) is 32.4 Å². The van der Waals surface area contributed by atoms with E-state index in [0.717, 1.165) is 18.4 Å². The average Bonchev–Trinajstić information content (AvgIpc) is 2.32. The second-order valence-corrected chi connectivity index (χ2v) is 6.24. The minimum Gasteiger partial charge on any atom is -0.390 e. The van der Waals surface area contributed by atoms with Crippen LogP contribution in [-0.4, -0.2) is 30.2 Å². The monoisotopic (exact) mass is 268 g/mol. The molecule has 0 unspecified atom stereocenters. The number of hydrogen-bond donors (Lipinski definition) is 1. The lowest BCUT2D eigenvalue weighted by molar-refractivity contribution is -0.142. The number of carbonyl (C=O) groups is 1. The number of Topliss-reactive ketones (excluding diaryl/α,β-unsaturated/α-hetero) is 1. The molecule has 0 spiro atoms. The highest BCUT2D eigenvalue weighted by atomic mass is 16.5. The van der Waals surface area contributed by atoms with Gasteiger partial charge in [-0.25, -0.2) is 0 Å². The van der Waals surface area contributed by atoms with Crippen LogP contribution in [0.4, 0.5) is 0 Å². The van der Waals surface area contributed by atoms with E-state index in [9.17, 15) is 9.90 Å². The molecule has 0 aromatic carbocycles. The van der Waals surface area contributed by atoms with E-state index in [-0.39, 0.29) is 17.6 Å². The maximum absolute atomic E-state index is 12.2. The largest absolute Gasteiger partial charge is 0.390 e.